The summed E-state index contributed by atoms with van der Waals surface area (Å²) in [6.45, 7) is 1.86. The third-order valence-electron chi connectivity index (χ3n) is 3.06. The van der Waals surface area contributed by atoms with E-state index in [0.29, 0.717) is 16.9 Å². The number of nitrogens with one attached hydrogen (secondary N) is 1. The molecule has 0 saturated carbocycles. The van der Waals surface area contributed by atoms with Crippen LogP contribution in [-0.4, -0.2) is 7.11 Å². The van der Waals surface area contributed by atoms with Crippen LogP contribution in [0, 0.1) is 17.1 Å². The quantitative estimate of drug-likeness (QED) is 0.917. The number of benzene rings is 2. The summed E-state index contributed by atoms with van der Waals surface area (Å²) in [6.07, 6.45) is 0. The Morgan fingerprint density at radius 1 is 1.20 bits per heavy atom. The monoisotopic (exact) mass is 270 g/mol. The van der Waals surface area contributed by atoms with Gasteiger partial charge in [-0.3, -0.25) is 0 Å². The summed E-state index contributed by atoms with van der Waals surface area (Å²) in [5.74, 6) is 0.205. The summed E-state index contributed by atoms with van der Waals surface area (Å²) in [6, 6.07) is 13.6. The highest BCUT2D eigenvalue weighted by Gasteiger charge is 2.16. The highest BCUT2D eigenvalue weighted by atomic mass is 19.1. The SMILES string of the molecule is COc1cccc(F)c1C(C)Nc1ccc(C#N)cc1. The Morgan fingerprint density at radius 2 is 1.90 bits per heavy atom. The fraction of sp³-hybridized carbons (Fsp3) is 0.188. The van der Waals surface area contributed by atoms with Crippen molar-refractivity contribution in [3.8, 4) is 11.8 Å². The van der Waals surface area contributed by atoms with Crippen LogP contribution in [0.2, 0.25) is 0 Å². The molecule has 0 radical (unpaired) electrons. The van der Waals surface area contributed by atoms with Gasteiger partial charge in [-0.25, -0.2) is 4.39 Å². The molecule has 2 aromatic rings. The summed E-state index contributed by atoms with van der Waals surface area (Å²) in [5.41, 5.74) is 1.90. The fourth-order valence-corrected chi connectivity index (χ4v) is 2.08. The number of halogens is 1. The van der Waals surface area contributed by atoms with Gasteiger partial charge in [0.15, 0.2) is 0 Å². The van der Waals surface area contributed by atoms with E-state index >= 15 is 0 Å². The maximum atomic E-state index is 13.9. The van der Waals surface area contributed by atoms with Gasteiger partial charge >= 0.3 is 0 Å². The molecule has 1 atom stereocenters. The van der Waals surface area contributed by atoms with Crippen molar-refractivity contribution in [1.82, 2.24) is 0 Å². The predicted molar refractivity (Wildman–Crippen MR) is 76.1 cm³/mol. The Kier molecular flexibility index (Phi) is 4.21. The number of nitriles is 1. The van der Waals surface area contributed by atoms with Crippen molar-refractivity contribution in [2.45, 2.75) is 13.0 Å². The largest absolute Gasteiger partial charge is 0.496 e. The fourth-order valence-electron chi connectivity index (χ4n) is 2.08. The lowest BCUT2D eigenvalue weighted by atomic mass is 10.1. The molecule has 0 aliphatic rings. The van der Waals surface area contributed by atoms with Gasteiger partial charge in [0.1, 0.15) is 11.6 Å². The molecule has 1 N–H and O–H groups in total. The van der Waals surface area contributed by atoms with E-state index in [2.05, 4.69) is 11.4 Å². The smallest absolute Gasteiger partial charge is 0.132 e. The predicted octanol–water partition coefficient (Wildman–Crippen LogP) is 3.88. The van der Waals surface area contributed by atoms with Gasteiger partial charge in [-0.2, -0.15) is 5.26 Å². The molecule has 0 spiro atoms. The van der Waals surface area contributed by atoms with Crippen molar-refractivity contribution in [2.24, 2.45) is 0 Å². The first-order valence-electron chi connectivity index (χ1n) is 6.25. The molecule has 102 valence electrons. The van der Waals surface area contributed by atoms with Crippen LogP contribution >= 0.6 is 0 Å². The van der Waals surface area contributed by atoms with Crippen molar-refractivity contribution in [2.75, 3.05) is 12.4 Å². The van der Waals surface area contributed by atoms with Gasteiger partial charge in [-0.1, -0.05) is 6.07 Å². The van der Waals surface area contributed by atoms with Gasteiger partial charge in [0, 0.05) is 5.69 Å². The van der Waals surface area contributed by atoms with Gasteiger partial charge < -0.3 is 10.1 Å². The highest BCUT2D eigenvalue weighted by Crippen LogP contribution is 2.30. The minimum atomic E-state index is -0.307. The van der Waals surface area contributed by atoms with E-state index in [1.807, 2.05) is 6.92 Å². The maximum absolute atomic E-state index is 13.9. The minimum Gasteiger partial charge on any atom is -0.496 e. The number of methoxy groups -OCH3 is 1. The molecular formula is C16H15FN2O. The van der Waals surface area contributed by atoms with Crippen LogP contribution in [0.25, 0.3) is 0 Å². The Hall–Kier alpha value is -2.54. The summed E-state index contributed by atoms with van der Waals surface area (Å²) in [5, 5.41) is 12.0. The van der Waals surface area contributed by atoms with Crippen molar-refractivity contribution in [1.29, 1.82) is 5.26 Å². The molecule has 0 amide bonds. The average molecular weight is 270 g/mol. The Labute approximate surface area is 117 Å². The van der Waals surface area contributed by atoms with E-state index < -0.39 is 0 Å². The lowest BCUT2D eigenvalue weighted by Gasteiger charge is -2.19. The van der Waals surface area contributed by atoms with Gasteiger partial charge in [0.25, 0.3) is 0 Å². The number of nitrogens with zero attached hydrogens (tertiary/aromatic N) is 1. The first-order valence-corrected chi connectivity index (χ1v) is 6.25. The molecule has 2 rings (SSSR count). The molecular weight excluding hydrogens is 255 g/mol. The molecule has 0 aliphatic carbocycles. The number of anilines is 1. The Bertz CT molecular complexity index is 632. The van der Waals surface area contributed by atoms with Crippen molar-refractivity contribution in [3.63, 3.8) is 0 Å². The second-order valence-corrected chi connectivity index (χ2v) is 4.41. The van der Waals surface area contributed by atoms with Gasteiger partial charge in [-0.15, -0.1) is 0 Å². The zero-order valence-corrected chi connectivity index (χ0v) is 11.4. The summed E-state index contributed by atoms with van der Waals surface area (Å²) in [7, 11) is 1.52. The van der Waals surface area contributed by atoms with E-state index in [4.69, 9.17) is 10.00 Å². The zero-order valence-electron chi connectivity index (χ0n) is 11.4. The van der Waals surface area contributed by atoms with E-state index in [-0.39, 0.29) is 11.9 Å². The Balaban J connectivity index is 2.23. The minimum absolute atomic E-state index is 0.251. The number of hydrogen-bond donors (Lipinski definition) is 1. The van der Waals surface area contributed by atoms with E-state index in [9.17, 15) is 4.39 Å². The van der Waals surface area contributed by atoms with E-state index in [1.165, 1.54) is 13.2 Å². The molecule has 0 aliphatic heterocycles. The standard InChI is InChI=1S/C16H15FN2O/c1-11(16-14(17)4-3-5-15(16)20-2)19-13-8-6-12(10-18)7-9-13/h3-9,11,19H,1-2H3. The molecule has 0 aromatic heterocycles. The number of ether oxygens (including phenoxy) is 1. The van der Waals surface area contributed by atoms with E-state index in [0.717, 1.165) is 5.69 Å². The average Bonchev–Trinajstić information content (AvgIpc) is 2.47. The van der Waals surface area contributed by atoms with Crippen LogP contribution in [0.4, 0.5) is 10.1 Å². The van der Waals surface area contributed by atoms with Crippen LogP contribution in [-0.2, 0) is 0 Å². The normalized spacial score (nSPS) is 11.5. The lowest BCUT2D eigenvalue weighted by molar-refractivity contribution is 0.402. The first-order chi connectivity index (χ1) is 9.65. The van der Waals surface area contributed by atoms with Crippen molar-refractivity contribution < 1.29 is 9.13 Å². The molecule has 0 fully saturated rings. The molecule has 4 heteroatoms. The lowest BCUT2D eigenvalue weighted by Crippen LogP contribution is -2.10. The van der Waals surface area contributed by atoms with Gasteiger partial charge in [0.2, 0.25) is 0 Å². The van der Waals surface area contributed by atoms with Crippen molar-refractivity contribution >= 4 is 5.69 Å². The number of rotatable bonds is 4. The number of hydrogen-bond acceptors (Lipinski definition) is 3. The van der Waals surface area contributed by atoms with Crippen molar-refractivity contribution in [3.05, 3.63) is 59.4 Å². The molecule has 1 unspecified atom stereocenters. The first kappa shape index (κ1) is 13.9. The zero-order chi connectivity index (χ0) is 14.5. The molecule has 0 bridgehead atoms. The summed E-state index contributed by atoms with van der Waals surface area (Å²) >= 11 is 0. The van der Waals surface area contributed by atoms with Crippen LogP contribution in [0.3, 0.4) is 0 Å². The molecule has 20 heavy (non-hydrogen) atoms. The van der Waals surface area contributed by atoms with Crippen LogP contribution in [0.15, 0.2) is 42.5 Å². The highest BCUT2D eigenvalue weighted by molar-refractivity contribution is 5.50. The second kappa shape index (κ2) is 6.07. The molecule has 0 saturated heterocycles. The molecule has 2 aromatic carbocycles. The van der Waals surface area contributed by atoms with E-state index in [1.54, 1.807) is 36.4 Å². The Morgan fingerprint density at radius 3 is 2.50 bits per heavy atom. The molecule has 3 nitrogen and oxygen atoms in total. The summed E-state index contributed by atoms with van der Waals surface area (Å²) < 4.78 is 19.1. The molecule has 0 heterocycles. The maximum Gasteiger partial charge on any atom is 0.132 e. The van der Waals surface area contributed by atoms with Gasteiger partial charge in [0.05, 0.1) is 30.3 Å². The van der Waals surface area contributed by atoms with Crippen LogP contribution in [0.1, 0.15) is 24.1 Å². The third-order valence-corrected chi connectivity index (χ3v) is 3.06. The third kappa shape index (κ3) is 2.89. The van der Waals surface area contributed by atoms with Gasteiger partial charge in [-0.05, 0) is 43.3 Å². The second-order valence-electron chi connectivity index (χ2n) is 4.41. The van der Waals surface area contributed by atoms with Crippen LogP contribution in [0.5, 0.6) is 5.75 Å². The summed E-state index contributed by atoms with van der Waals surface area (Å²) in [4.78, 5) is 0. The topological polar surface area (TPSA) is 45.0 Å². The van der Waals surface area contributed by atoms with Crippen LogP contribution < -0.4 is 10.1 Å².